The summed E-state index contributed by atoms with van der Waals surface area (Å²) in [4.78, 5) is 27.4. The molecule has 3 aromatic rings. The molecule has 0 radical (unpaired) electrons. The van der Waals surface area contributed by atoms with E-state index in [4.69, 9.17) is 9.47 Å². The first-order chi connectivity index (χ1) is 15.6. The molecule has 6 nitrogen and oxygen atoms in total. The number of benzene rings is 3. The third-order valence-corrected chi connectivity index (χ3v) is 4.84. The van der Waals surface area contributed by atoms with Gasteiger partial charge in [0.05, 0.1) is 12.2 Å². The lowest BCUT2D eigenvalue weighted by Gasteiger charge is -2.21. The summed E-state index contributed by atoms with van der Waals surface area (Å²) in [6.07, 6.45) is 0. The van der Waals surface area contributed by atoms with Crippen molar-refractivity contribution in [2.45, 2.75) is 13.8 Å². The highest BCUT2D eigenvalue weighted by Crippen LogP contribution is 2.21. The quantitative estimate of drug-likeness (QED) is 0.457. The predicted molar refractivity (Wildman–Crippen MR) is 127 cm³/mol. The van der Waals surface area contributed by atoms with Crippen LogP contribution in [0.2, 0.25) is 0 Å². The monoisotopic (exact) mass is 432 g/mol. The second-order valence-electron chi connectivity index (χ2n) is 6.96. The predicted octanol–water partition coefficient (Wildman–Crippen LogP) is 5.02. The number of nitrogens with one attached hydrogen (secondary N) is 1. The summed E-state index contributed by atoms with van der Waals surface area (Å²) in [6.45, 7) is 5.85. The van der Waals surface area contributed by atoms with Crippen LogP contribution in [-0.2, 0) is 4.74 Å². The molecule has 0 unspecified atom stereocenters. The number of rotatable bonds is 10. The number of hydrogen-bond acceptors (Lipinski definition) is 4. The highest BCUT2D eigenvalue weighted by atomic mass is 16.5. The van der Waals surface area contributed by atoms with E-state index in [9.17, 15) is 9.59 Å². The molecule has 32 heavy (non-hydrogen) atoms. The molecule has 1 N–H and O–H groups in total. The molecule has 3 rings (SSSR count). The molecule has 0 fully saturated rings. The molecule has 6 heteroatoms. The number of carbonyl (C=O) groups excluding carboxylic acids is 2. The van der Waals surface area contributed by atoms with Crippen molar-refractivity contribution < 1.29 is 19.1 Å². The van der Waals surface area contributed by atoms with Gasteiger partial charge in [-0.15, -0.1) is 0 Å². The summed E-state index contributed by atoms with van der Waals surface area (Å²) < 4.78 is 11.0. The normalized spacial score (nSPS) is 10.4. The fraction of sp³-hybridized carbons (Fsp3) is 0.231. The lowest BCUT2D eigenvalue weighted by molar-refractivity contribution is 0.0985. The average Bonchev–Trinajstić information content (AvgIpc) is 2.83. The van der Waals surface area contributed by atoms with Crippen molar-refractivity contribution in [3.8, 4) is 5.75 Å². The zero-order chi connectivity index (χ0) is 22.8. The maximum Gasteiger partial charge on any atom is 0.259 e. The van der Waals surface area contributed by atoms with Crippen LogP contribution in [0.5, 0.6) is 5.75 Å². The van der Waals surface area contributed by atoms with Crippen molar-refractivity contribution in [1.29, 1.82) is 0 Å². The first-order valence-corrected chi connectivity index (χ1v) is 10.7. The molecule has 0 saturated heterocycles. The van der Waals surface area contributed by atoms with Gasteiger partial charge in [0.1, 0.15) is 12.4 Å². The number of hydrogen-bond donors (Lipinski definition) is 1. The van der Waals surface area contributed by atoms with E-state index in [1.165, 1.54) is 0 Å². The zero-order valence-corrected chi connectivity index (χ0v) is 18.4. The smallest absolute Gasteiger partial charge is 0.259 e. The number of nitrogens with zero attached hydrogens (tertiary/aromatic N) is 1. The molecule has 0 aliphatic heterocycles. The third-order valence-electron chi connectivity index (χ3n) is 4.84. The van der Waals surface area contributed by atoms with E-state index in [1.54, 1.807) is 47.4 Å². The van der Waals surface area contributed by atoms with Gasteiger partial charge in [0.25, 0.3) is 11.8 Å². The standard InChI is InChI=1S/C26H28N2O4/c1-3-28(22-10-6-5-7-11-22)26(30)20-14-16-21(17-15-20)27-25(29)23-12-8-9-13-24(23)32-19-18-31-4-2/h5-17H,3-4,18-19H2,1-2H3,(H,27,29). The van der Waals surface area contributed by atoms with Gasteiger partial charge in [0.15, 0.2) is 0 Å². The summed E-state index contributed by atoms with van der Waals surface area (Å²) in [6, 6.07) is 23.5. The minimum atomic E-state index is -0.282. The molecule has 0 spiro atoms. The number of anilines is 2. The fourth-order valence-corrected chi connectivity index (χ4v) is 3.24. The van der Waals surface area contributed by atoms with Crippen LogP contribution in [-0.4, -0.2) is 38.2 Å². The topological polar surface area (TPSA) is 67.9 Å². The summed E-state index contributed by atoms with van der Waals surface area (Å²) in [5.41, 5.74) is 2.43. The second-order valence-corrected chi connectivity index (χ2v) is 6.96. The van der Waals surface area contributed by atoms with E-state index in [1.807, 2.05) is 50.2 Å². The van der Waals surface area contributed by atoms with Crippen molar-refractivity contribution in [3.63, 3.8) is 0 Å². The van der Waals surface area contributed by atoms with Gasteiger partial charge in [-0.1, -0.05) is 30.3 Å². The van der Waals surface area contributed by atoms with Crippen molar-refractivity contribution in [2.24, 2.45) is 0 Å². The van der Waals surface area contributed by atoms with Gasteiger partial charge in [-0.25, -0.2) is 0 Å². The van der Waals surface area contributed by atoms with Crippen LogP contribution in [0, 0.1) is 0 Å². The Labute approximate surface area is 188 Å². The lowest BCUT2D eigenvalue weighted by atomic mass is 10.1. The SMILES string of the molecule is CCOCCOc1ccccc1C(=O)Nc1ccc(C(=O)N(CC)c2ccccc2)cc1. The molecule has 166 valence electrons. The zero-order valence-electron chi connectivity index (χ0n) is 18.4. The van der Waals surface area contributed by atoms with Crippen LogP contribution in [0.3, 0.4) is 0 Å². The van der Waals surface area contributed by atoms with Gasteiger partial charge in [0, 0.05) is 30.1 Å². The Hall–Kier alpha value is -3.64. The van der Waals surface area contributed by atoms with Crippen molar-refractivity contribution >= 4 is 23.2 Å². The molecule has 0 bridgehead atoms. The Morgan fingerprint density at radius 3 is 2.22 bits per heavy atom. The fourth-order valence-electron chi connectivity index (χ4n) is 3.24. The summed E-state index contributed by atoms with van der Waals surface area (Å²) in [5, 5.41) is 2.87. The van der Waals surface area contributed by atoms with Gasteiger partial charge in [-0.2, -0.15) is 0 Å². The van der Waals surface area contributed by atoms with E-state index in [0.29, 0.717) is 48.9 Å². The molecule has 0 aromatic heterocycles. The van der Waals surface area contributed by atoms with Gasteiger partial charge in [-0.05, 0) is 62.4 Å². The van der Waals surface area contributed by atoms with Crippen LogP contribution in [0.4, 0.5) is 11.4 Å². The average molecular weight is 433 g/mol. The summed E-state index contributed by atoms with van der Waals surface area (Å²) in [7, 11) is 0. The first-order valence-electron chi connectivity index (χ1n) is 10.7. The molecular formula is C26H28N2O4. The van der Waals surface area contributed by atoms with Gasteiger partial charge >= 0.3 is 0 Å². The first kappa shape index (κ1) is 23.0. The molecule has 0 atom stereocenters. The minimum Gasteiger partial charge on any atom is -0.490 e. The Balaban J connectivity index is 1.67. The third kappa shape index (κ3) is 5.95. The molecule has 0 aliphatic carbocycles. The summed E-state index contributed by atoms with van der Waals surface area (Å²) in [5.74, 6) is 0.123. The Kier molecular flexibility index (Phi) is 8.40. The highest BCUT2D eigenvalue weighted by Gasteiger charge is 2.17. The maximum absolute atomic E-state index is 12.9. The van der Waals surface area contributed by atoms with E-state index in [2.05, 4.69) is 5.32 Å². The molecule has 0 aliphatic rings. The highest BCUT2D eigenvalue weighted by molar-refractivity contribution is 6.08. The Morgan fingerprint density at radius 1 is 0.844 bits per heavy atom. The van der Waals surface area contributed by atoms with Crippen LogP contribution in [0.15, 0.2) is 78.9 Å². The van der Waals surface area contributed by atoms with Crippen LogP contribution >= 0.6 is 0 Å². The Morgan fingerprint density at radius 2 is 1.53 bits per heavy atom. The number of amides is 2. The van der Waals surface area contributed by atoms with Crippen LogP contribution < -0.4 is 15.0 Å². The lowest BCUT2D eigenvalue weighted by Crippen LogP contribution is -2.30. The van der Waals surface area contributed by atoms with E-state index < -0.39 is 0 Å². The van der Waals surface area contributed by atoms with Crippen molar-refractivity contribution in [3.05, 3.63) is 90.0 Å². The van der Waals surface area contributed by atoms with E-state index in [0.717, 1.165) is 5.69 Å². The molecule has 0 heterocycles. The van der Waals surface area contributed by atoms with Crippen LogP contribution in [0.25, 0.3) is 0 Å². The van der Waals surface area contributed by atoms with Gasteiger partial charge in [0.2, 0.25) is 0 Å². The van der Waals surface area contributed by atoms with Gasteiger partial charge < -0.3 is 19.7 Å². The number of ether oxygens (including phenoxy) is 2. The van der Waals surface area contributed by atoms with Crippen LogP contribution in [0.1, 0.15) is 34.6 Å². The Bertz CT molecular complexity index is 1020. The minimum absolute atomic E-state index is 0.0929. The summed E-state index contributed by atoms with van der Waals surface area (Å²) >= 11 is 0. The maximum atomic E-state index is 12.9. The van der Waals surface area contributed by atoms with E-state index >= 15 is 0 Å². The molecule has 2 amide bonds. The number of para-hydroxylation sites is 2. The molecular weight excluding hydrogens is 404 g/mol. The van der Waals surface area contributed by atoms with Crippen molar-refractivity contribution in [2.75, 3.05) is 36.6 Å². The largest absolute Gasteiger partial charge is 0.490 e. The number of carbonyl (C=O) groups is 2. The van der Waals surface area contributed by atoms with Gasteiger partial charge in [-0.3, -0.25) is 9.59 Å². The molecule has 3 aromatic carbocycles. The second kappa shape index (κ2) is 11.7. The van der Waals surface area contributed by atoms with E-state index in [-0.39, 0.29) is 11.8 Å². The molecule has 0 saturated carbocycles. The van der Waals surface area contributed by atoms with Crippen molar-refractivity contribution in [1.82, 2.24) is 0 Å².